The van der Waals surface area contributed by atoms with Gasteiger partial charge in [0.2, 0.25) is 5.91 Å². The van der Waals surface area contributed by atoms with Gasteiger partial charge >= 0.3 is 6.03 Å². The predicted octanol–water partition coefficient (Wildman–Crippen LogP) is 2.87. The van der Waals surface area contributed by atoms with Crippen LogP contribution in [-0.2, 0) is 4.79 Å². The Bertz CT molecular complexity index is 544. The van der Waals surface area contributed by atoms with Crippen LogP contribution in [0.4, 0.5) is 4.79 Å². The van der Waals surface area contributed by atoms with Crippen LogP contribution in [0.1, 0.15) is 57.1 Å². The van der Waals surface area contributed by atoms with Gasteiger partial charge in [-0.05, 0) is 37.3 Å². The minimum absolute atomic E-state index is 0.0606. The first-order valence-corrected chi connectivity index (χ1v) is 9.25. The van der Waals surface area contributed by atoms with E-state index in [9.17, 15) is 9.59 Å². The van der Waals surface area contributed by atoms with Gasteiger partial charge in [0.05, 0.1) is 6.04 Å². The Kier molecular flexibility index (Phi) is 7.70. The van der Waals surface area contributed by atoms with Crippen molar-refractivity contribution >= 4 is 11.9 Å². The molecule has 0 saturated heterocycles. The number of urea groups is 1. The molecule has 6 nitrogen and oxygen atoms in total. The summed E-state index contributed by atoms with van der Waals surface area (Å²) in [6, 6.07) is 3.60. The Morgan fingerprint density at radius 1 is 1.24 bits per heavy atom. The highest BCUT2D eigenvalue weighted by molar-refractivity contribution is 5.76. The van der Waals surface area contributed by atoms with E-state index in [1.807, 2.05) is 19.1 Å². The average Bonchev–Trinajstić information content (AvgIpc) is 2.65. The Hall–Kier alpha value is -2.11. The Balaban J connectivity index is 1.63. The molecule has 0 spiro atoms. The molecular weight excluding hydrogens is 316 g/mol. The molecule has 1 aliphatic rings. The lowest BCUT2D eigenvalue weighted by atomic mass is 9.87. The summed E-state index contributed by atoms with van der Waals surface area (Å²) >= 11 is 0. The highest BCUT2D eigenvalue weighted by atomic mass is 16.2. The van der Waals surface area contributed by atoms with E-state index in [1.54, 1.807) is 24.3 Å². The first kappa shape index (κ1) is 19.2. The van der Waals surface area contributed by atoms with Crippen LogP contribution in [-0.4, -0.2) is 42.0 Å². The van der Waals surface area contributed by atoms with E-state index in [0.29, 0.717) is 25.4 Å². The van der Waals surface area contributed by atoms with Gasteiger partial charge in [-0.2, -0.15) is 0 Å². The minimum atomic E-state index is -0.155. The van der Waals surface area contributed by atoms with Crippen molar-refractivity contribution in [2.75, 3.05) is 20.1 Å². The summed E-state index contributed by atoms with van der Waals surface area (Å²) in [6.45, 7) is 2.86. The monoisotopic (exact) mass is 346 g/mol. The fraction of sp³-hybridized carbons (Fsp3) is 0.632. The molecule has 1 fully saturated rings. The van der Waals surface area contributed by atoms with Gasteiger partial charge in [-0.1, -0.05) is 25.3 Å². The first-order chi connectivity index (χ1) is 12.1. The molecular formula is C19H30N4O2. The van der Waals surface area contributed by atoms with Crippen LogP contribution in [0, 0.1) is 5.92 Å². The second kappa shape index (κ2) is 10.0. The van der Waals surface area contributed by atoms with Gasteiger partial charge in [-0.3, -0.25) is 9.78 Å². The smallest absolute Gasteiger partial charge is 0.317 e. The van der Waals surface area contributed by atoms with Crippen molar-refractivity contribution in [1.29, 1.82) is 0 Å². The van der Waals surface area contributed by atoms with Crippen LogP contribution in [0.15, 0.2) is 24.5 Å². The highest BCUT2D eigenvalue weighted by Gasteiger charge is 2.18. The Labute approximate surface area is 150 Å². The lowest BCUT2D eigenvalue weighted by Crippen LogP contribution is -2.42. The van der Waals surface area contributed by atoms with Crippen LogP contribution in [0.2, 0.25) is 0 Å². The molecule has 1 heterocycles. The lowest BCUT2D eigenvalue weighted by Gasteiger charge is -2.25. The molecule has 0 aliphatic heterocycles. The largest absolute Gasteiger partial charge is 0.354 e. The number of hydrogen-bond acceptors (Lipinski definition) is 3. The number of rotatable bonds is 7. The van der Waals surface area contributed by atoms with Crippen molar-refractivity contribution in [3.63, 3.8) is 0 Å². The van der Waals surface area contributed by atoms with Crippen LogP contribution >= 0.6 is 0 Å². The number of nitrogens with one attached hydrogen (secondary N) is 2. The van der Waals surface area contributed by atoms with Crippen LogP contribution in [0.25, 0.3) is 0 Å². The number of carbonyl (C=O) groups is 2. The number of amides is 3. The molecule has 1 aromatic rings. The first-order valence-electron chi connectivity index (χ1n) is 9.25. The third kappa shape index (κ3) is 6.36. The van der Waals surface area contributed by atoms with Crippen LogP contribution < -0.4 is 10.6 Å². The third-order valence-corrected chi connectivity index (χ3v) is 4.99. The van der Waals surface area contributed by atoms with E-state index in [4.69, 9.17) is 0 Å². The van der Waals surface area contributed by atoms with Gasteiger partial charge in [-0.25, -0.2) is 4.79 Å². The maximum absolute atomic E-state index is 12.2. The van der Waals surface area contributed by atoms with Crippen LogP contribution in [0.5, 0.6) is 0 Å². The predicted molar refractivity (Wildman–Crippen MR) is 98.0 cm³/mol. The molecule has 138 valence electrons. The van der Waals surface area contributed by atoms with Gasteiger partial charge < -0.3 is 15.5 Å². The van der Waals surface area contributed by atoms with Crippen molar-refractivity contribution < 1.29 is 9.59 Å². The second-order valence-corrected chi connectivity index (χ2v) is 6.86. The molecule has 6 heteroatoms. The lowest BCUT2D eigenvalue weighted by molar-refractivity contribution is -0.122. The summed E-state index contributed by atoms with van der Waals surface area (Å²) in [5.41, 5.74) is 0.987. The van der Waals surface area contributed by atoms with Crippen molar-refractivity contribution in [2.45, 2.75) is 51.5 Å². The summed E-state index contributed by atoms with van der Waals surface area (Å²) in [5.74, 6) is 0.632. The zero-order chi connectivity index (χ0) is 18.1. The standard InChI is InChI=1S/C19H30N4O2/c1-15(17-9-6-10-20-14-17)23(2)19(25)22-12-11-21-18(24)13-16-7-4-3-5-8-16/h6,9-10,14-16H,3-5,7-8,11-13H2,1-2H3,(H,21,24)(H,22,25). The van der Waals surface area contributed by atoms with E-state index in [-0.39, 0.29) is 18.0 Å². The fourth-order valence-electron chi connectivity index (χ4n) is 3.24. The van der Waals surface area contributed by atoms with E-state index in [1.165, 1.54) is 32.1 Å². The van der Waals surface area contributed by atoms with Gasteiger partial charge in [-0.15, -0.1) is 0 Å². The van der Waals surface area contributed by atoms with E-state index >= 15 is 0 Å². The summed E-state index contributed by atoms with van der Waals surface area (Å²) in [6.07, 6.45) is 10.2. The maximum atomic E-state index is 12.2. The molecule has 1 aromatic heterocycles. The molecule has 1 atom stereocenters. The van der Waals surface area contributed by atoms with Gasteiger partial charge in [0.15, 0.2) is 0 Å². The zero-order valence-electron chi connectivity index (χ0n) is 15.3. The number of carbonyl (C=O) groups excluding carboxylic acids is 2. The number of pyridine rings is 1. The molecule has 1 saturated carbocycles. The van der Waals surface area contributed by atoms with Crippen molar-refractivity contribution in [2.24, 2.45) is 5.92 Å². The summed E-state index contributed by atoms with van der Waals surface area (Å²) < 4.78 is 0. The van der Waals surface area contributed by atoms with Crippen molar-refractivity contribution in [3.05, 3.63) is 30.1 Å². The summed E-state index contributed by atoms with van der Waals surface area (Å²) in [7, 11) is 1.76. The van der Waals surface area contributed by atoms with E-state index in [0.717, 1.165) is 5.56 Å². The van der Waals surface area contributed by atoms with Gasteiger partial charge in [0, 0.05) is 39.0 Å². The van der Waals surface area contributed by atoms with Crippen LogP contribution in [0.3, 0.4) is 0 Å². The third-order valence-electron chi connectivity index (χ3n) is 4.99. The SMILES string of the molecule is CC(c1cccnc1)N(C)C(=O)NCCNC(=O)CC1CCCCC1. The number of hydrogen-bond donors (Lipinski definition) is 2. The fourth-order valence-corrected chi connectivity index (χ4v) is 3.24. The average molecular weight is 346 g/mol. The quantitative estimate of drug-likeness (QED) is 0.746. The Morgan fingerprint density at radius 3 is 2.64 bits per heavy atom. The maximum Gasteiger partial charge on any atom is 0.317 e. The zero-order valence-corrected chi connectivity index (χ0v) is 15.3. The topological polar surface area (TPSA) is 74.3 Å². The molecule has 25 heavy (non-hydrogen) atoms. The molecule has 1 unspecified atom stereocenters. The minimum Gasteiger partial charge on any atom is -0.354 e. The molecule has 0 aromatic carbocycles. The summed E-state index contributed by atoms with van der Waals surface area (Å²) in [4.78, 5) is 29.9. The van der Waals surface area contributed by atoms with Crippen molar-refractivity contribution in [1.82, 2.24) is 20.5 Å². The molecule has 0 bridgehead atoms. The molecule has 2 rings (SSSR count). The van der Waals surface area contributed by atoms with E-state index in [2.05, 4.69) is 15.6 Å². The normalized spacial score (nSPS) is 16.1. The molecule has 0 radical (unpaired) electrons. The molecule has 2 N–H and O–H groups in total. The second-order valence-electron chi connectivity index (χ2n) is 6.86. The van der Waals surface area contributed by atoms with Gasteiger partial charge in [0.1, 0.15) is 0 Å². The number of aromatic nitrogens is 1. The summed E-state index contributed by atoms with van der Waals surface area (Å²) in [5, 5.41) is 5.75. The number of nitrogens with zero attached hydrogens (tertiary/aromatic N) is 2. The molecule has 1 aliphatic carbocycles. The van der Waals surface area contributed by atoms with Crippen molar-refractivity contribution in [3.8, 4) is 0 Å². The van der Waals surface area contributed by atoms with E-state index < -0.39 is 0 Å². The van der Waals surface area contributed by atoms with Gasteiger partial charge in [0.25, 0.3) is 0 Å². The molecule has 3 amide bonds. The Morgan fingerprint density at radius 2 is 1.96 bits per heavy atom. The highest BCUT2D eigenvalue weighted by Crippen LogP contribution is 2.25.